The highest BCUT2D eigenvalue weighted by Crippen LogP contribution is 2.29. The molecule has 0 amide bonds. The lowest BCUT2D eigenvalue weighted by Gasteiger charge is -2.20. The van der Waals surface area contributed by atoms with Crippen LogP contribution in [-0.4, -0.2) is 37.9 Å². The van der Waals surface area contributed by atoms with Crippen LogP contribution in [0.5, 0.6) is 11.5 Å². The number of rotatable bonds is 7. The Labute approximate surface area is 112 Å². The van der Waals surface area contributed by atoms with Crippen LogP contribution in [0.4, 0.5) is 0 Å². The number of carbonyl (C=O) groups is 1. The third-order valence-electron chi connectivity index (χ3n) is 2.89. The van der Waals surface area contributed by atoms with Crippen molar-refractivity contribution in [3.63, 3.8) is 0 Å². The zero-order chi connectivity index (χ0) is 14.4. The summed E-state index contributed by atoms with van der Waals surface area (Å²) in [7, 11) is 3.12. The molecule has 0 heterocycles. The Kier molecular flexibility index (Phi) is 5.59. The third kappa shape index (κ3) is 3.84. The minimum Gasteiger partial charge on any atom is -0.493 e. The maximum absolute atomic E-state index is 10.9. The molecule has 6 heteroatoms. The van der Waals surface area contributed by atoms with Gasteiger partial charge in [-0.05, 0) is 24.6 Å². The van der Waals surface area contributed by atoms with Gasteiger partial charge in [0.15, 0.2) is 11.5 Å². The number of nitrogens with one attached hydrogen (secondary N) is 1. The Hall–Kier alpha value is -1.79. The fraction of sp³-hybridized carbons (Fsp3) is 0.462. The number of carboxylic acid groups (broad SMARTS) is 1. The van der Waals surface area contributed by atoms with Crippen molar-refractivity contribution in [3.05, 3.63) is 23.8 Å². The molecule has 0 aliphatic carbocycles. The van der Waals surface area contributed by atoms with Crippen LogP contribution in [0.1, 0.15) is 18.5 Å². The molecule has 0 aliphatic rings. The molecule has 106 valence electrons. The van der Waals surface area contributed by atoms with Crippen LogP contribution < -0.4 is 20.5 Å². The lowest BCUT2D eigenvalue weighted by Crippen LogP contribution is -2.43. The van der Waals surface area contributed by atoms with E-state index in [9.17, 15) is 4.79 Å². The predicted molar refractivity (Wildman–Crippen MR) is 71.6 cm³/mol. The summed E-state index contributed by atoms with van der Waals surface area (Å²) in [4.78, 5) is 10.9. The minimum atomic E-state index is -0.963. The SMILES string of the molecule is COc1ccc(C(C)NC(CN)C(=O)O)cc1OC. The third-order valence-corrected chi connectivity index (χ3v) is 2.89. The highest BCUT2D eigenvalue weighted by atomic mass is 16.5. The maximum Gasteiger partial charge on any atom is 0.322 e. The van der Waals surface area contributed by atoms with Crippen LogP contribution >= 0.6 is 0 Å². The summed E-state index contributed by atoms with van der Waals surface area (Å²) >= 11 is 0. The molecule has 0 saturated heterocycles. The Balaban J connectivity index is 2.87. The Morgan fingerprint density at radius 2 is 2.00 bits per heavy atom. The fourth-order valence-electron chi connectivity index (χ4n) is 1.76. The van der Waals surface area contributed by atoms with Crippen molar-refractivity contribution in [2.75, 3.05) is 20.8 Å². The lowest BCUT2D eigenvalue weighted by atomic mass is 10.1. The van der Waals surface area contributed by atoms with Crippen LogP contribution in [0.25, 0.3) is 0 Å². The van der Waals surface area contributed by atoms with Crippen molar-refractivity contribution in [2.45, 2.75) is 19.0 Å². The molecule has 19 heavy (non-hydrogen) atoms. The molecule has 1 aromatic rings. The van der Waals surface area contributed by atoms with Gasteiger partial charge in [-0.25, -0.2) is 0 Å². The first-order valence-electron chi connectivity index (χ1n) is 5.94. The highest BCUT2D eigenvalue weighted by Gasteiger charge is 2.19. The molecule has 0 aromatic heterocycles. The lowest BCUT2D eigenvalue weighted by molar-refractivity contribution is -0.139. The van der Waals surface area contributed by atoms with Gasteiger partial charge in [0.25, 0.3) is 0 Å². The summed E-state index contributed by atoms with van der Waals surface area (Å²) in [5.74, 6) is 0.273. The fourth-order valence-corrected chi connectivity index (χ4v) is 1.76. The van der Waals surface area contributed by atoms with Gasteiger partial charge in [-0.2, -0.15) is 0 Å². The van der Waals surface area contributed by atoms with Gasteiger partial charge in [-0.1, -0.05) is 6.07 Å². The summed E-state index contributed by atoms with van der Waals surface area (Å²) in [6.45, 7) is 1.90. The van der Waals surface area contributed by atoms with E-state index < -0.39 is 12.0 Å². The van der Waals surface area contributed by atoms with Crippen LogP contribution in [0.15, 0.2) is 18.2 Å². The van der Waals surface area contributed by atoms with E-state index in [-0.39, 0.29) is 12.6 Å². The van der Waals surface area contributed by atoms with Crippen molar-refractivity contribution in [1.82, 2.24) is 5.32 Å². The van der Waals surface area contributed by atoms with Crippen molar-refractivity contribution >= 4 is 5.97 Å². The van der Waals surface area contributed by atoms with Gasteiger partial charge in [-0.3, -0.25) is 10.1 Å². The van der Waals surface area contributed by atoms with Gasteiger partial charge in [0, 0.05) is 12.6 Å². The quantitative estimate of drug-likeness (QED) is 0.676. The van der Waals surface area contributed by atoms with E-state index in [1.165, 1.54) is 0 Å². The molecule has 6 nitrogen and oxygen atoms in total. The molecule has 0 saturated carbocycles. The van der Waals surface area contributed by atoms with E-state index in [1.807, 2.05) is 19.1 Å². The second-order valence-electron chi connectivity index (χ2n) is 4.13. The number of aliphatic carboxylic acids is 1. The molecule has 0 bridgehead atoms. The molecule has 4 N–H and O–H groups in total. The van der Waals surface area contributed by atoms with Crippen molar-refractivity contribution in [3.8, 4) is 11.5 Å². The largest absolute Gasteiger partial charge is 0.493 e. The summed E-state index contributed by atoms with van der Waals surface area (Å²) in [5, 5.41) is 11.9. The van der Waals surface area contributed by atoms with Crippen LogP contribution in [0, 0.1) is 0 Å². The molecule has 0 spiro atoms. The van der Waals surface area contributed by atoms with Gasteiger partial charge in [-0.15, -0.1) is 0 Å². The smallest absolute Gasteiger partial charge is 0.322 e. The van der Waals surface area contributed by atoms with Gasteiger partial charge >= 0.3 is 5.97 Å². The Bertz CT molecular complexity index is 437. The van der Waals surface area contributed by atoms with Gasteiger partial charge < -0.3 is 20.3 Å². The van der Waals surface area contributed by atoms with Crippen LogP contribution in [0.2, 0.25) is 0 Å². The molecular weight excluding hydrogens is 248 g/mol. The van der Waals surface area contributed by atoms with Crippen LogP contribution in [0.3, 0.4) is 0 Å². The summed E-state index contributed by atoms with van der Waals surface area (Å²) in [5.41, 5.74) is 6.31. The average Bonchev–Trinajstić information content (AvgIpc) is 2.43. The number of ether oxygens (including phenoxy) is 2. The molecule has 2 atom stereocenters. The average molecular weight is 268 g/mol. The zero-order valence-corrected chi connectivity index (χ0v) is 11.3. The number of hydrogen-bond acceptors (Lipinski definition) is 5. The monoisotopic (exact) mass is 268 g/mol. The van der Waals surface area contributed by atoms with Crippen molar-refractivity contribution in [1.29, 1.82) is 0 Å². The second-order valence-corrected chi connectivity index (χ2v) is 4.13. The number of hydrogen-bond donors (Lipinski definition) is 3. The molecule has 0 fully saturated rings. The first-order chi connectivity index (χ1) is 9.03. The molecule has 1 aromatic carbocycles. The summed E-state index contributed by atoms with van der Waals surface area (Å²) < 4.78 is 10.4. The number of carboxylic acids is 1. The highest BCUT2D eigenvalue weighted by molar-refractivity contribution is 5.73. The number of methoxy groups -OCH3 is 2. The molecular formula is C13H20N2O4. The summed E-state index contributed by atoms with van der Waals surface area (Å²) in [6.07, 6.45) is 0. The Morgan fingerprint density at radius 1 is 1.37 bits per heavy atom. The second kappa shape index (κ2) is 6.96. The van der Waals surface area contributed by atoms with Crippen molar-refractivity contribution < 1.29 is 19.4 Å². The zero-order valence-electron chi connectivity index (χ0n) is 11.3. The molecule has 0 radical (unpaired) electrons. The maximum atomic E-state index is 10.9. The summed E-state index contributed by atoms with van der Waals surface area (Å²) in [6, 6.07) is 4.51. The van der Waals surface area contributed by atoms with E-state index in [4.69, 9.17) is 20.3 Å². The first-order valence-corrected chi connectivity index (χ1v) is 5.94. The number of nitrogens with two attached hydrogens (primary N) is 1. The Morgan fingerprint density at radius 3 is 2.47 bits per heavy atom. The van der Waals surface area contributed by atoms with E-state index in [0.717, 1.165) is 5.56 Å². The van der Waals surface area contributed by atoms with Crippen LogP contribution in [-0.2, 0) is 4.79 Å². The van der Waals surface area contributed by atoms with Gasteiger partial charge in [0.2, 0.25) is 0 Å². The van der Waals surface area contributed by atoms with Gasteiger partial charge in [0.1, 0.15) is 6.04 Å². The predicted octanol–water partition coefficient (Wildman–Crippen LogP) is 0.766. The van der Waals surface area contributed by atoms with E-state index in [2.05, 4.69) is 5.32 Å². The number of benzene rings is 1. The molecule has 1 rings (SSSR count). The molecule has 2 unspecified atom stereocenters. The molecule has 0 aliphatic heterocycles. The standard InChI is InChI=1S/C13H20N2O4/c1-8(15-10(7-14)13(16)17)9-4-5-11(18-2)12(6-9)19-3/h4-6,8,10,15H,7,14H2,1-3H3,(H,16,17). The van der Waals surface area contributed by atoms with Crippen molar-refractivity contribution in [2.24, 2.45) is 5.73 Å². The van der Waals surface area contributed by atoms with E-state index in [1.54, 1.807) is 20.3 Å². The first kappa shape index (κ1) is 15.3. The normalized spacial score (nSPS) is 13.7. The van der Waals surface area contributed by atoms with Gasteiger partial charge in [0.05, 0.1) is 14.2 Å². The topological polar surface area (TPSA) is 93.8 Å². The van der Waals surface area contributed by atoms with E-state index in [0.29, 0.717) is 11.5 Å². The minimum absolute atomic E-state index is 0.0347. The van der Waals surface area contributed by atoms with E-state index >= 15 is 0 Å².